The second kappa shape index (κ2) is 9.64. The summed E-state index contributed by atoms with van der Waals surface area (Å²) in [6.07, 6.45) is 4.15. The van der Waals surface area contributed by atoms with Gasteiger partial charge in [-0.25, -0.2) is 0 Å². The van der Waals surface area contributed by atoms with Gasteiger partial charge < -0.3 is 9.84 Å². The number of carbonyl (C=O) groups excluding carboxylic acids is 1. The summed E-state index contributed by atoms with van der Waals surface area (Å²) in [4.78, 5) is 16.4. The minimum Gasteiger partial charge on any atom is -0.358 e. The Kier molecular flexibility index (Phi) is 6.97. The van der Waals surface area contributed by atoms with Gasteiger partial charge >= 0.3 is 0 Å². The van der Waals surface area contributed by atoms with Crippen molar-refractivity contribution >= 4 is 23.2 Å². The molecule has 1 fully saturated rings. The van der Waals surface area contributed by atoms with Crippen molar-refractivity contribution in [1.29, 1.82) is 0 Å². The van der Waals surface area contributed by atoms with E-state index in [-0.39, 0.29) is 12.3 Å². The van der Waals surface area contributed by atoms with Gasteiger partial charge in [0.15, 0.2) is 5.11 Å². The molecule has 1 aliphatic rings. The fourth-order valence-electron chi connectivity index (χ4n) is 3.46. The number of thiocarbonyl (C=S) groups is 1. The van der Waals surface area contributed by atoms with Gasteiger partial charge in [-0.15, -0.1) is 0 Å². The van der Waals surface area contributed by atoms with Crippen LogP contribution in [0.4, 0.5) is 0 Å². The molecule has 8 heteroatoms. The number of nitrogens with one attached hydrogen (secondary N) is 3. The van der Waals surface area contributed by atoms with Crippen molar-refractivity contribution < 1.29 is 9.32 Å². The fraction of sp³-hybridized carbons (Fsp3) is 0.500. The summed E-state index contributed by atoms with van der Waals surface area (Å²) < 4.78 is 5.22. The molecule has 3 N–H and O–H groups in total. The lowest BCUT2D eigenvalue weighted by atomic mass is 9.78. The van der Waals surface area contributed by atoms with Crippen LogP contribution in [0.1, 0.15) is 45.4 Å². The topological polar surface area (TPSA) is 92.1 Å². The monoisotopic (exact) mass is 401 g/mol. The molecule has 0 saturated heterocycles. The van der Waals surface area contributed by atoms with E-state index in [1.54, 1.807) is 0 Å². The molecule has 1 aromatic heterocycles. The minimum absolute atomic E-state index is 0.186. The standard InChI is InChI=1S/C20H27N5O2S/c1-13-7-6-10-16(14(13)2)21-20(28)24-23-17(26)11-12-18-22-19(25-27-18)15-8-4-3-5-9-15/h3-5,8-9,13-14,16H,6-7,10-12H2,1-2H3,(H,23,26)(H2,21,24,28)/t13-,14-,16-/m1/s1. The van der Waals surface area contributed by atoms with Crippen molar-refractivity contribution in [1.82, 2.24) is 26.3 Å². The van der Waals surface area contributed by atoms with Crippen molar-refractivity contribution in [3.63, 3.8) is 0 Å². The SMILES string of the molecule is C[C@@H]1[C@H](C)CCC[C@H]1NC(=S)NNC(=O)CCc1nc(-c2ccccc2)no1. The van der Waals surface area contributed by atoms with Crippen LogP contribution < -0.4 is 16.2 Å². The molecule has 0 spiro atoms. The van der Waals surface area contributed by atoms with Crippen LogP contribution >= 0.6 is 12.2 Å². The number of carbonyl (C=O) groups is 1. The second-order valence-corrected chi connectivity index (χ2v) is 7.81. The fourth-order valence-corrected chi connectivity index (χ4v) is 3.66. The Bertz CT molecular complexity index is 795. The van der Waals surface area contributed by atoms with Gasteiger partial charge in [0.1, 0.15) is 0 Å². The lowest BCUT2D eigenvalue weighted by Gasteiger charge is -2.35. The zero-order valence-electron chi connectivity index (χ0n) is 16.3. The molecular formula is C20H27N5O2S. The third kappa shape index (κ3) is 5.51. The predicted molar refractivity (Wildman–Crippen MR) is 111 cm³/mol. The van der Waals surface area contributed by atoms with E-state index >= 15 is 0 Å². The average Bonchev–Trinajstić information content (AvgIpc) is 3.18. The molecule has 0 bridgehead atoms. The molecule has 2 aromatic rings. The lowest BCUT2D eigenvalue weighted by Crippen LogP contribution is -2.52. The quantitative estimate of drug-likeness (QED) is 0.524. The minimum atomic E-state index is -0.186. The molecule has 7 nitrogen and oxygen atoms in total. The van der Waals surface area contributed by atoms with Crippen LogP contribution in [0.3, 0.4) is 0 Å². The Labute approximate surface area is 170 Å². The summed E-state index contributed by atoms with van der Waals surface area (Å²) in [5, 5.41) is 7.71. The third-order valence-electron chi connectivity index (χ3n) is 5.40. The van der Waals surface area contributed by atoms with Gasteiger partial charge in [-0.3, -0.25) is 15.6 Å². The Morgan fingerprint density at radius 1 is 1.21 bits per heavy atom. The molecule has 28 heavy (non-hydrogen) atoms. The van der Waals surface area contributed by atoms with E-state index < -0.39 is 0 Å². The Balaban J connectivity index is 1.39. The summed E-state index contributed by atoms with van der Waals surface area (Å²) >= 11 is 5.30. The van der Waals surface area contributed by atoms with Gasteiger partial charge in [0.2, 0.25) is 17.6 Å². The number of hydrogen-bond donors (Lipinski definition) is 3. The Hall–Kier alpha value is -2.48. The van der Waals surface area contributed by atoms with E-state index in [2.05, 4.69) is 40.2 Å². The second-order valence-electron chi connectivity index (χ2n) is 7.40. The van der Waals surface area contributed by atoms with Gasteiger partial charge in [0, 0.05) is 24.4 Å². The summed E-state index contributed by atoms with van der Waals surface area (Å²) in [7, 11) is 0. The molecule has 0 radical (unpaired) electrons. The normalized spacial score (nSPS) is 21.7. The molecule has 1 heterocycles. The maximum atomic E-state index is 12.1. The van der Waals surface area contributed by atoms with Gasteiger partial charge in [-0.05, 0) is 30.5 Å². The highest BCUT2D eigenvalue weighted by molar-refractivity contribution is 7.80. The summed E-state index contributed by atoms with van der Waals surface area (Å²) in [6.45, 7) is 4.52. The first kappa shape index (κ1) is 20.3. The van der Waals surface area contributed by atoms with Crippen molar-refractivity contribution in [2.75, 3.05) is 0 Å². The first-order valence-corrected chi connectivity index (χ1v) is 10.2. The molecule has 1 aliphatic carbocycles. The molecule has 3 rings (SSSR count). The van der Waals surface area contributed by atoms with Gasteiger partial charge in [-0.2, -0.15) is 4.98 Å². The summed E-state index contributed by atoms with van der Waals surface area (Å²) in [5.41, 5.74) is 6.29. The zero-order chi connectivity index (χ0) is 19.9. The van der Waals surface area contributed by atoms with Crippen LogP contribution in [-0.4, -0.2) is 27.2 Å². The van der Waals surface area contributed by atoms with Gasteiger partial charge in [-0.1, -0.05) is 62.2 Å². The van der Waals surface area contributed by atoms with Gasteiger partial charge in [0.25, 0.3) is 0 Å². The highest BCUT2D eigenvalue weighted by atomic mass is 32.1. The highest BCUT2D eigenvalue weighted by Crippen LogP contribution is 2.29. The molecular weight excluding hydrogens is 374 g/mol. The smallest absolute Gasteiger partial charge is 0.238 e. The van der Waals surface area contributed by atoms with Crippen molar-refractivity contribution in [3.8, 4) is 11.4 Å². The average molecular weight is 402 g/mol. The first-order chi connectivity index (χ1) is 13.5. The maximum Gasteiger partial charge on any atom is 0.238 e. The number of aromatic nitrogens is 2. The number of aryl methyl sites for hydroxylation is 1. The zero-order valence-corrected chi connectivity index (χ0v) is 17.1. The lowest BCUT2D eigenvalue weighted by molar-refractivity contribution is -0.121. The Morgan fingerprint density at radius 2 is 2.00 bits per heavy atom. The first-order valence-electron chi connectivity index (χ1n) is 9.76. The van der Waals surface area contributed by atoms with Crippen LogP contribution in [0, 0.1) is 11.8 Å². The van der Waals surface area contributed by atoms with Crippen molar-refractivity contribution in [2.24, 2.45) is 11.8 Å². The van der Waals surface area contributed by atoms with E-state index in [4.69, 9.17) is 16.7 Å². The molecule has 0 unspecified atom stereocenters. The highest BCUT2D eigenvalue weighted by Gasteiger charge is 2.27. The van der Waals surface area contributed by atoms with E-state index in [9.17, 15) is 4.79 Å². The predicted octanol–water partition coefficient (Wildman–Crippen LogP) is 2.99. The summed E-state index contributed by atoms with van der Waals surface area (Å²) in [5.74, 6) is 2.00. The van der Waals surface area contributed by atoms with Crippen LogP contribution in [0.25, 0.3) is 11.4 Å². The van der Waals surface area contributed by atoms with E-state index in [1.807, 2.05) is 30.3 Å². The molecule has 1 saturated carbocycles. The molecule has 150 valence electrons. The maximum absolute atomic E-state index is 12.1. The van der Waals surface area contributed by atoms with E-state index in [0.717, 1.165) is 12.0 Å². The summed E-state index contributed by atoms with van der Waals surface area (Å²) in [6, 6.07) is 9.92. The number of hydrogen-bond acceptors (Lipinski definition) is 5. The van der Waals surface area contributed by atoms with Crippen LogP contribution in [0.5, 0.6) is 0 Å². The number of benzene rings is 1. The molecule has 1 aromatic carbocycles. The number of rotatable bonds is 5. The molecule has 3 atom stereocenters. The van der Waals surface area contributed by atoms with E-state index in [0.29, 0.717) is 41.1 Å². The Morgan fingerprint density at radius 3 is 2.79 bits per heavy atom. The van der Waals surface area contributed by atoms with Crippen LogP contribution in [-0.2, 0) is 11.2 Å². The molecule has 0 aliphatic heterocycles. The van der Waals surface area contributed by atoms with Crippen LogP contribution in [0.15, 0.2) is 34.9 Å². The number of amides is 1. The van der Waals surface area contributed by atoms with Gasteiger partial charge in [0.05, 0.1) is 0 Å². The number of nitrogens with zero attached hydrogens (tertiary/aromatic N) is 2. The number of hydrazine groups is 1. The van der Waals surface area contributed by atoms with Crippen molar-refractivity contribution in [2.45, 2.75) is 52.0 Å². The van der Waals surface area contributed by atoms with Crippen LogP contribution in [0.2, 0.25) is 0 Å². The van der Waals surface area contributed by atoms with E-state index in [1.165, 1.54) is 12.8 Å². The third-order valence-corrected chi connectivity index (χ3v) is 5.62. The van der Waals surface area contributed by atoms with Crippen molar-refractivity contribution in [3.05, 3.63) is 36.2 Å². The molecule has 1 amide bonds. The largest absolute Gasteiger partial charge is 0.358 e.